The standard InChI is InChI=1S/C27H19BrN4O/c1-18-10-12-29-27(14-18)32-25-15-19(28)6-8-23(25)24-9-7-22(17-26(24)32)33-21-5-2-4-20(16-21)31-13-3-11-30-31/h2-17H,1H3. The van der Waals surface area contributed by atoms with Crippen LogP contribution in [-0.4, -0.2) is 19.3 Å². The van der Waals surface area contributed by atoms with Crippen LogP contribution in [0.5, 0.6) is 11.5 Å². The minimum absolute atomic E-state index is 0.751. The predicted molar refractivity (Wildman–Crippen MR) is 135 cm³/mol. The molecule has 0 bridgehead atoms. The molecule has 0 saturated heterocycles. The van der Waals surface area contributed by atoms with Crippen LogP contribution in [0.15, 0.2) is 102 Å². The van der Waals surface area contributed by atoms with Crippen LogP contribution < -0.4 is 4.74 Å². The molecule has 3 aromatic heterocycles. The molecule has 3 heterocycles. The van der Waals surface area contributed by atoms with E-state index in [0.717, 1.165) is 49.5 Å². The molecule has 160 valence electrons. The highest BCUT2D eigenvalue weighted by Crippen LogP contribution is 2.36. The zero-order valence-corrected chi connectivity index (χ0v) is 19.4. The van der Waals surface area contributed by atoms with Gasteiger partial charge in [0.05, 0.1) is 16.7 Å². The van der Waals surface area contributed by atoms with Crippen molar-refractivity contribution in [2.24, 2.45) is 0 Å². The largest absolute Gasteiger partial charge is 0.457 e. The Hall–Kier alpha value is -3.90. The summed E-state index contributed by atoms with van der Waals surface area (Å²) in [5, 5.41) is 6.63. The number of hydrogen-bond acceptors (Lipinski definition) is 3. The van der Waals surface area contributed by atoms with Crippen LogP contribution in [0.25, 0.3) is 33.3 Å². The number of pyridine rings is 1. The van der Waals surface area contributed by atoms with Gasteiger partial charge in [-0.05, 0) is 67.1 Å². The normalized spacial score (nSPS) is 11.3. The van der Waals surface area contributed by atoms with Crippen LogP contribution in [0.3, 0.4) is 0 Å². The maximum absolute atomic E-state index is 6.28. The monoisotopic (exact) mass is 494 g/mol. The number of benzene rings is 3. The average Bonchev–Trinajstić information content (AvgIpc) is 3.45. The molecule has 6 aromatic rings. The van der Waals surface area contributed by atoms with Crippen LogP contribution >= 0.6 is 15.9 Å². The van der Waals surface area contributed by atoms with Gasteiger partial charge in [-0.25, -0.2) is 9.67 Å². The minimum Gasteiger partial charge on any atom is -0.457 e. The third kappa shape index (κ3) is 3.58. The summed E-state index contributed by atoms with van der Waals surface area (Å²) < 4.78 is 11.3. The molecule has 0 saturated carbocycles. The summed E-state index contributed by atoms with van der Waals surface area (Å²) in [5.41, 5.74) is 4.24. The Balaban J connectivity index is 1.50. The first-order valence-electron chi connectivity index (χ1n) is 10.6. The van der Waals surface area contributed by atoms with Gasteiger partial charge in [0.1, 0.15) is 17.3 Å². The summed E-state index contributed by atoms with van der Waals surface area (Å²) >= 11 is 3.63. The van der Waals surface area contributed by atoms with Gasteiger partial charge in [0.25, 0.3) is 0 Å². The Morgan fingerprint density at radius 2 is 1.61 bits per heavy atom. The third-order valence-electron chi connectivity index (χ3n) is 5.65. The quantitative estimate of drug-likeness (QED) is 0.259. The topological polar surface area (TPSA) is 44.9 Å². The number of aryl methyl sites for hydroxylation is 1. The van der Waals surface area contributed by atoms with Gasteiger partial charge < -0.3 is 4.74 Å². The molecular formula is C27H19BrN4O. The zero-order valence-electron chi connectivity index (χ0n) is 17.8. The molecule has 0 fully saturated rings. The lowest BCUT2D eigenvalue weighted by atomic mass is 10.1. The predicted octanol–water partition coefficient (Wildman–Crippen LogP) is 7.23. The van der Waals surface area contributed by atoms with E-state index in [1.54, 1.807) is 6.20 Å². The Morgan fingerprint density at radius 3 is 2.42 bits per heavy atom. The van der Waals surface area contributed by atoms with Gasteiger partial charge in [-0.3, -0.25) is 4.57 Å². The number of aromatic nitrogens is 4. The lowest BCUT2D eigenvalue weighted by molar-refractivity contribution is 0.483. The van der Waals surface area contributed by atoms with Gasteiger partial charge in [0.2, 0.25) is 0 Å². The smallest absolute Gasteiger partial charge is 0.137 e. The lowest BCUT2D eigenvalue weighted by Gasteiger charge is -2.10. The molecule has 5 nitrogen and oxygen atoms in total. The lowest BCUT2D eigenvalue weighted by Crippen LogP contribution is -1.98. The Kier molecular flexibility index (Phi) is 4.73. The Bertz CT molecular complexity index is 1620. The van der Waals surface area contributed by atoms with E-state index in [4.69, 9.17) is 4.74 Å². The van der Waals surface area contributed by atoms with E-state index in [9.17, 15) is 0 Å². The number of fused-ring (bicyclic) bond motifs is 3. The van der Waals surface area contributed by atoms with E-state index in [0.29, 0.717) is 0 Å². The molecule has 0 amide bonds. The Morgan fingerprint density at radius 1 is 0.788 bits per heavy atom. The SMILES string of the molecule is Cc1ccnc(-n2c3cc(Br)ccc3c3ccc(Oc4cccc(-n5cccn5)c4)cc32)c1. The highest BCUT2D eigenvalue weighted by molar-refractivity contribution is 9.10. The van der Waals surface area contributed by atoms with Crippen LogP contribution in [0.4, 0.5) is 0 Å². The van der Waals surface area contributed by atoms with E-state index >= 15 is 0 Å². The number of rotatable bonds is 4. The molecule has 33 heavy (non-hydrogen) atoms. The molecule has 6 heteroatoms. The van der Waals surface area contributed by atoms with Crippen molar-refractivity contribution >= 4 is 37.7 Å². The first kappa shape index (κ1) is 19.8. The fourth-order valence-corrected chi connectivity index (χ4v) is 4.52. The van der Waals surface area contributed by atoms with Gasteiger partial charge in [-0.15, -0.1) is 0 Å². The van der Waals surface area contributed by atoms with E-state index in [1.165, 1.54) is 5.39 Å². The molecule has 0 N–H and O–H groups in total. The first-order valence-corrected chi connectivity index (χ1v) is 11.4. The van der Waals surface area contributed by atoms with E-state index < -0.39 is 0 Å². The molecule has 0 aliphatic heterocycles. The van der Waals surface area contributed by atoms with E-state index in [1.807, 2.05) is 59.5 Å². The summed E-state index contributed by atoms with van der Waals surface area (Å²) in [6.07, 6.45) is 5.52. The van der Waals surface area contributed by atoms with Crippen molar-refractivity contribution in [3.8, 4) is 23.0 Å². The maximum Gasteiger partial charge on any atom is 0.137 e. The highest BCUT2D eigenvalue weighted by Gasteiger charge is 2.15. The molecule has 0 unspecified atom stereocenters. The minimum atomic E-state index is 0.751. The van der Waals surface area contributed by atoms with E-state index in [-0.39, 0.29) is 0 Å². The molecule has 3 aromatic carbocycles. The molecule has 0 atom stereocenters. The molecule has 0 spiro atoms. The summed E-state index contributed by atoms with van der Waals surface area (Å²) in [6.45, 7) is 2.08. The Labute approximate surface area is 199 Å². The average molecular weight is 495 g/mol. The second-order valence-electron chi connectivity index (χ2n) is 7.92. The van der Waals surface area contributed by atoms with Crippen LogP contribution in [0.2, 0.25) is 0 Å². The van der Waals surface area contributed by atoms with Crippen molar-refractivity contribution in [2.75, 3.05) is 0 Å². The number of nitrogens with zero attached hydrogens (tertiary/aromatic N) is 4. The highest BCUT2D eigenvalue weighted by atomic mass is 79.9. The van der Waals surface area contributed by atoms with Crippen LogP contribution in [0.1, 0.15) is 5.56 Å². The van der Waals surface area contributed by atoms with Gasteiger partial charge in [-0.2, -0.15) is 5.10 Å². The molecule has 0 radical (unpaired) electrons. The fourth-order valence-electron chi connectivity index (χ4n) is 4.17. The third-order valence-corrected chi connectivity index (χ3v) is 6.15. The number of hydrogen-bond donors (Lipinski definition) is 0. The second-order valence-corrected chi connectivity index (χ2v) is 8.83. The summed E-state index contributed by atoms with van der Waals surface area (Å²) in [4.78, 5) is 4.66. The van der Waals surface area contributed by atoms with Gasteiger partial charge in [0, 0.05) is 46.0 Å². The number of ether oxygens (including phenoxy) is 1. The van der Waals surface area contributed by atoms with Gasteiger partial charge >= 0.3 is 0 Å². The van der Waals surface area contributed by atoms with Crippen molar-refractivity contribution < 1.29 is 4.74 Å². The van der Waals surface area contributed by atoms with Crippen molar-refractivity contribution in [1.82, 2.24) is 19.3 Å². The van der Waals surface area contributed by atoms with E-state index in [2.05, 4.69) is 73.9 Å². The van der Waals surface area contributed by atoms with Crippen molar-refractivity contribution in [2.45, 2.75) is 6.92 Å². The van der Waals surface area contributed by atoms with Crippen LogP contribution in [-0.2, 0) is 0 Å². The molecule has 0 aliphatic carbocycles. The fraction of sp³-hybridized carbons (Fsp3) is 0.0370. The van der Waals surface area contributed by atoms with Crippen molar-refractivity contribution in [1.29, 1.82) is 0 Å². The summed E-state index contributed by atoms with van der Waals surface area (Å²) in [7, 11) is 0. The van der Waals surface area contributed by atoms with Gasteiger partial charge in [0.15, 0.2) is 0 Å². The summed E-state index contributed by atoms with van der Waals surface area (Å²) in [6, 6.07) is 26.5. The molecule has 6 rings (SSSR count). The molecular weight excluding hydrogens is 476 g/mol. The maximum atomic E-state index is 6.28. The zero-order chi connectivity index (χ0) is 22.4. The van der Waals surface area contributed by atoms with Crippen molar-refractivity contribution in [3.63, 3.8) is 0 Å². The number of halogens is 1. The second kappa shape index (κ2) is 7.90. The summed E-state index contributed by atoms with van der Waals surface area (Å²) in [5.74, 6) is 2.39. The van der Waals surface area contributed by atoms with Crippen LogP contribution in [0, 0.1) is 6.92 Å². The molecule has 0 aliphatic rings. The van der Waals surface area contributed by atoms with Crippen molar-refractivity contribution in [3.05, 3.63) is 107 Å². The first-order chi connectivity index (χ1) is 16.2. The van der Waals surface area contributed by atoms with Gasteiger partial charge in [-0.1, -0.05) is 28.1 Å².